The third-order valence-corrected chi connectivity index (χ3v) is 2.78. The van der Waals surface area contributed by atoms with Crippen LogP contribution in [0.5, 0.6) is 0 Å². The van der Waals surface area contributed by atoms with Gasteiger partial charge in [-0.25, -0.2) is 4.98 Å². The second-order valence-electron chi connectivity index (χ2n) is 3.81. The van der Waals surface area contributed by atoms with Crippen molar-refractivity contribution < 1.29 is 5.11 Å². The summed E-state index contributed by atoms with van der Waals surface area (Å²) < 4.78 is 1.81. The molecule has 1 aliphatic carbocycles. The summed E-state index contributed by atoms with van der Waals surface area (Å²) in [4.78, 5) is 4.31. The van der Waals surface area contributed by atoms with Crippen molar-refractivity contribution in [1.29, 1.82) is 0 Å². The molecular formula is C9H15N3O. The normalized spacial score (nSPS) is 27.3. The van der Waals surface area contributed by atoms with Gasteiger partial charge < -0.3 is 5.11 Å². The third-order valence-electron chi connectivity index (χ3n) is 2.78. The topological polar surface area (TPSA) is 50.9 Å². The molecule has 0 spiro atoms. The average molecular weight is 181 g/mol. The molecular weight excluding hydrogens is 166 g/mol. The molecule has 1 N–H and O–H groups in total. The Morgan fingerprint density at radius 1 is 1.54 bits per heavy atom. The average Bonchev–Trinajstić information content (AvgIpc) is 2.38. The van der Waals surface area contributed by atoms with Gasteiger partial charge in [0.05, 0.1) is 6.10 Å². The van der Waals surface area contributed by atoms with Gasteiger partial charge in [-0.05, 0) is 25.7 Å². The number of aromatic nitrogens is 3. The van der Waals surface area contributed by atoms with E-state index in [1.165, 1.54) is 0 Å². The summed E-state index contributed by atoms with van der Waals surface area (Å²) in [5, 5.41) is 13.6. The molecule has 0 bridgehead atoms. The van der Waals surface area contributed by atoms with Gasteiger partial charge in [-0.2, -0.15) is 5.10 Å². The number of rotatable bonds is 2. The van der Waals surface area contributed by atoms with Gasteiger partial charge in [0, 0.05) is 13.5 Å². The Morgan fingerprint density at radius 2 is 2.31 bits per heavy atom. The molecule has 0 aliphatic heterocycles. The number of aliphatic hydroxyl groups excluding tert-OH is 1. The molecule has 1 heterocycles. The Kier molecular flexibility index (Phi) is 2.07. The van der Waals surface area contributed by atoms with Crippen molar-refractivity contribution in [2.24, 2.45) is 13.0 Å². The molecule has 0 saturated heterocycles. The molecule has 2 rings (SSSR count). The predicted octanol–water partition coefficient (Wildman–Crippen LogP) is 0.437. The highest BCUT2D eigenvalue weighted by atomic mass is 16.3. The molecule has 1 aromatic rings. The van der Waals surface area contributed by atoms with Crippen LogP contribution < -0.4 is 0 Å². The first-order chi connectivity index (χ1) is 6.16. The van der Waals surface area contributed by atoms with Crippen LogP contribution in [0, 0.1) is 12.8 Å². The molecule has 4 nitrogen and oxygen atoms in total. The van der Waals surface area contributed by atoms with E-state index >= 15 is 0 Å². The monoisotopic (exact) mass is 181 g/mol. The maximum atomic E-state index is 9.41. The first-order valence-corrected chi connectivity index (χ1v) is 4.71. The van der Waals surface area contributed by atoms with Crippen molar-refractivity contribution in [2.45, 2.75) is 32.3 Å². The van der Waals surface area contributed by atoms with Crippen molar-refractivity contribution in [2.75, 3.05) is 0 Å². The zero-order valence-corrected chi connectivity index (χ0v) is 8.06. The van der Waals surface area contributed by atoms with Crippen molar-refractivity contribution in [3.63, 3.8) is 0 Å². The standard InChI is InChI=1S/C9H15N3O/c1-6-10-9(12(2)11-6)5-7-3-4-8(7)13/h7-8,13H,3-5H2,1-2H3. The van der Waals surface area contributed by atoms with E-state index in [4.69, 9.17) is 0 Å². The van der Waals surface area contributed by atoms with Crippen LogP contribution >= 0.6 is 0 Å². The molecule has 1 fully saturated rings. The third kappa shape index (κ3) is 1.58. The summed E-state index contributed by atoms with van der Waals surface area (Å²) in [5.74, 6) is 2.20. The van der Waals surface area contributed by atoms with E-state index in [1.54, 1.807) is 4.68 Å². The van der Waals surface area contributed by atoms with Gasteiger partial charge in [0.1, 0.15) is 11.6 Å². The van der Waals surface area contributed by atoms with Crippen LogP contribution in [-0.4, -0.2) is 26.0 Å². The van der Waals surface area contributed by atoms with E-state index in [1.807, 2.05) is 14.0 Å². The lowest BCUT2D eigenvalue weighted by molar-refractivity contribution is 0.0229. The maximum absolute atomic E-state index is 9.41. The Morgan fingerprint density at radius 3 is 2.69 bits per heavy atom. The van der Waals surface area contributed by atoms with Gasteiger partial charge in [-0.15, -0.1) is 0 Å². The van der Waals surface area contributed by atoms with E-state index in [0.29, 0.717) is 5.92 Å². The van der Waals surface area contributed by atoms with Crippen LogP contribution in [0.1, 0.15) is 24.5 Å². The lowest BCUT2D eigenvalue weighted by Crippen LogP contribution is -2.33. The quantitative estimate of drug-likeness (QED) is 0.720. The minimum absolute atomic E-state index is 0.114. The molecule has 1 aromatic heterocycles. The highest BCUT2D eigenvalue weighted by Gasteiger charge is 2.29. The first-order valence-electron chi connectivity index (χ1n) is 4.71. The van der Waals surface area contributed by atoms with E-state index < -0.39 is 0 Å². The van der Waals surface area contributed by atoms with Crippen LogP contribution in [0.25, 0.3) is 0 Å². The molecule has 0 amide bonds. The number of aliphatic hydroxyl groups is 1. The molecule has 0 aromatic carbocycles. The zero-order valence-electron chi connectivity index (χ0n) is 8.06. The van der Waals surface area contributed by atoms with E-state index in [9.17, 15) is 5.11 Å². The number of aryl methyl sites for hydroxylation is 2. The number of hydrogen-bond donors (Lipinski definition) is 1. The highest BCUT2D eigenvalue weighted by Crippen LogP contribution is 2.29. The van der Waals surface area contributed by atoms with Crippen molar-refractivity contribution in [3.05, 3.63) is 11.6 Å². The minimum Gasteiger partial charge on any atom is -0.393 e. The second-order valence-corrected chi connectivity index (χ2v) is 3.81. The van der Waals surface area contributed by atoms with Crippen molar-refractivity contribution >= 4 is 0 Å². The molecule has 2 atom stereocenters. The first kappa shape index (κ1) is 8.69. The van der Waals surface area contributed by atoms with Crippen molar-refractivity contribution in [1.82, 2.24) is 14.8 Å². The van der Waals surface area contributed by atoms with Crippen LogP contribution in [0.4, 0.5) is 0 Å². The molecule has 4 heteroatoms. The van der Waals surface area contributed by atoms with Gasteiger partial charge in [0.25, 0.3) is 0 Å². The molecule has 1 aliphatic rings. The van der Waals surface area contributed by atoms with E-state index in [0.717, 1.165) is 30.9 Å². The number of hydrogen-bond acceptors (Lipinski definition) is 3. The Hall–Kier alpha value is -0.900. The summed E-state index contributed by atoms with van der Waals surface area (Å²) in [6, 6.07) is 0. The summed E-state index contributed by atoms with van der Waals surface area (Å²) in [5.41, 5.74) is 0. The van der Waals surface area contributed by atoms with Crippen LogP contribution in [0.15, 0.2) is 0 Å². The van der Waals surface area contributed by atoms with Crippen LogP contribution in [0.3, 0.4) is 0 Å². The Balaban J connectivity index is 2.04. The molecule has 2 unspecified atom stereocenters. The fourth-order valence-corrected chi connectivity index (χ4v) is 1.76. The molecule has 0 radical (unpaired) electrons. The maximum Gasteiger partial charge on any atom is 0.147 e. The fraction of sp³-hybridized carbons (Fsp3) is 0.778. The highest BCUT2D eigenvalue weighted by molar-refractivity contribution is 4.96. The smallest absolute Gasteiger partial charge is 0.147 e. The molecule has 1 saturated carbocycles. The summed E-state index contributed by atoms with van der Waals surface area (Å²) in [6.07, 6.45) is 2.81. The molecule has 13 heavy (non-hydrogen) atoms. The summed E-state index contributed by atoms with van der Waals surface area (Å²) >= 11 is 0. The van der Waals surface area contributed by atoms with Gasteiger partial charge in [-0.1, -0.05) is 0 Å². The Labute approximate surface area is 77.6 Å². The lowest BCUT2D eigenvalue weighted by atomic mass is 9.79. The van der Waals surface area contributed by atoms with Gasteiger partial charge >= 0.3 is 0 Å². The van der Waals surface area contributed by atoms with Crippen LogP contribution in [-0.2, 0) is 13.5 Å². The number of nitrogens with zero attached hydrogens (tertiary/aromatic N) is 3. The van der Waals surface area contributed by atoms with E-state index in [-0.39, 0.29) is 6.10 Å². The zero-order chi connectivity index (χ0) is 9.42. The van der Waals surface area contributed by atoms with Gasteiger partial charge in [0.2, 0.25) is 0 Å². The van der Waals surface area contributed by atoms with Crippen LogP contribution in [0.2, 0.25) is 0 Å². The fourth-order valence-electron chi connectivity index (χ4n) is 1.76. The SMILES string of the molecule is Cc1nc(CC2CCC2O)n(C)n1. The molecule has 72 valence electrons. The largest absolute Gasteiger partial charge is 0.393 e. The van der Waals surface area contributed by atoms with Crippen molar-refractivity contribution in [3.8, 4) is 0 Å². The summed E-state index contributed by atoms with van der Waals surface area (Å²) in [7, 11) is 1.90. The van der Waals surface area contributed by atoms with E-state index in [2.05, 4.69) is 10.1 Å². The van der Waals surface area contributed by atoms with Gasteiger partial charge in [0.15, 0.2) is 0 Å². The summed E-state index contributed by atoms with van der Waals surface area (Å²) in [6.45, 7) is 1.89. The lowest BCUT2D eigenvalue weighted by Gasteiger charge is -2.31. The Bertz CT molecular complexity index is 308. The predicted molar refractivity (Wildman–Crippen MR) is 48.2 cm³/mol. The minimum atomic E-state index is -0.114. The van der Waals surface area contributed by atoms with Gasteiger partial charge in [-0.3, -0.25) is 4.68 Å². The second kappa shape index (κ2) is 3.10.